The summed E-state index contributed by atoms with van der Waals surface area (Å²) in [6.07, 6.45) is 0.816. The molecule has 1 aliphatic rings. The lowest BCUT2D eigenvalue weighted by Gasteiger charge is -2.01. The van der Waals surface area contributed by atoms with Gasteiger partial charge in [0, 0.05) is 0 Å². The summed E-state index contributed by atoms with van der Waals surface area (Å²) in [6, 6.07) is 0. The summed E-state index contributed by atoms with van der Waals surface area (Å²) in [5.41, 5.74) is 11.5. The van der Waals surface area contributed by atoms with Gasteiger partial charge in [0.1, 0.15) is 5.69 Å². The van der Waals surface area contributed by atoms with Crippen molar-refractivity contribution in [2.75, 3.05) is 11.5 Å². The van der Waals surface area contributed by atoms with Gasteiger partial charge in [-0.2, -0.15) is 5.11 Å². The van der Waals surface area contributed by atoms with E-state index in [-0.39, 0.29) is 6.17 Å². The summed E-state index contributed by atoms with van der Waals surface area (Å²) in [5, 5.41) is 11.9. The van der Waals surface area contributed by atoms with E-state index in [1.54, 1.807) is 4.68 Å². The van der Waals surface area contributed by atoms with Gasteiger partial charge in [0.25, 0.3) is 0 Å². The zero-order chi connectivity index (χ0) is 8.72. The third kappa shape index (κ3) is 0.715. The lowest BCUT2D eigenvalue weighted by molar-refractivity contribution is 0.482. The minimum Gasteiger partial charge on any atom is -0.393 e. The van der Waals surface area contributed by atoms with Crippen LogP contribution in [0.25, 0.3) is 0 Å². The van der Waals surface area contributed by atoms with E-state index in [2.05, 4.69) is 15.3 Å². The van der Waals surface area contributed by atoms with Gasteiger partial charge in [-0.1, -0.05) is 6.92 Å². The van der Waals surface area contributed by atoms with Crippen molar-refractivity contribution in [3.8, 4) is 0 Å². The Hall–Kier alpha value is -1.59. The van der Waals surface area contributed by atoms with Crippen molar-refractivity contribution in [1.82, 2.24) is 9.78 Å². The Morgan fingerprint density at radius 3 is 2.92 bits per heavy atom. The fourth-order valence-corrected chi connectivity index (χ4v) is 1.19. The minimum absolute atomic E-state index is 0.0281. The molecule has 6 heteroatoms. The molecular formula is C6H10N6. The van der Waals surface area contributed by atoms with Gasteiger partial charge in [0.05, 0.1) is 0 Å². The second-order valence-electron chi connectivity index (χ2n) is 2.67. The van der Waals surface area contributed by atoms with Crippen molar-refractivity contribution in [3.63, 3.8) is 0 Å². The van der Waals surface area contributed by atoms with E-state index in [0.717, 1.165) is 6.42 Å². The zero-order valence-corrected chi connectivity index (χ0v) is 6.73. The Morgan fingerprint density at radius 1 is 1.50 bits per heavy atom. The Morgan fingerprint density at radius 2 is 2.25 bits per heavy atom. The van der Waals surface area contributed by atoms with E-state index >= 15 is 0 Å². The first-order valence-electron chi connectivity index (χ1n) is 3.78. The molecule has 1 aromatic rings. The van der Waals surface area contributed by atoms with Gasteiger partial charge in [0.15, 0.2) is 17.8 Å². The van der Waals surface area contributed by atoms with Crippen LogP contribution in [0.1, 0.15) is 19.5 Å². The van der Waals surface area contributed by atoms with Crippen LogP contribution in [0.15, 0.2) is 10.2 Å². The van der Waals surface area contributed by atoms with Gasteiger partial charge in [-0.05, 0) is 6.42 Å². The van der Waals surface area contributed by atoms with E-state index in [4.69, 9.17) is 11.5 Å². The van der Waals surface area contributed by atoms with Crippen LogP contribution >= 0.6 is 0 Å². The number of hydrogen-bond donors (Lipinski definition) is 2. The molecule has 0 fully saturated rings. The number of nitrogens with zero attached hydrogens (tertiary/aromatic N) is 4. The molecular weight excluding hydrogens is 156 g/mol. The maximum Gasteiger partial charge on any atom is 0.200 e. The van der Waals surface area contributed by atoms with Crippen LogP contribution in [0, 0.1) is 0 Å². The number of hydrogen-bond acceptors (Lipinski definition) is 5. The van der Waals surface area contributed by atoms with Crippen molar-refractivity contribution in [3.05, 3.63) is 0 Å². The molecule has 0 saturated carbocycles. The Bertz CT molecular complexity index is 338. The summed E-state index contributed by atoms with van der Waals surface area (Å²) in [6.45, 7) is 2.01. The molecule has 0 bridgehead atoms. The van der Waals surface area contributed by atoms with Crippen molar-refractivity contribution in [2.45, 2.75) is 19.5 Å². The Kier molecular flexibility index (Phi) is 1.30. The predicted octanol–water partition coefficient (Wildman–Crippen LogP) is 1.05. The van der Waals surface area contributed by atoms with Gasteiger partial charge >= 0.3 is 0 Å². The van der Waals surface area contributed by atoms with Gasteiger partial charge in [-0.25, -0.2) is 4.68 Å². The van der Waals surface area contributed by atoms with Crippen molar-refractivity contribution in [1.29, 1.82) is 0 Å². The number of aromatic nitrogens is 2. The zero-order valence-electron chi connectivity index (χ0n) is 6.73. The fraction of sp³-hybridized carbons (Fsp3) is 0.500. The third-order valence-electron chi connectivity index (χ3n) is 1.88. The van der Waals surface area contributed by atoms with Crippen LogP contribution in [0.2, 0.25) is 0 Å². The molecule has 0 radical (unpaired) electrons. The quantitative estimate of drug-likeness (QED) is 0.652. The summed E-state index contributed by atoms with van der Waals surface area (Å²) in [4.78, 5) is 0. The average molecular weight is 166 g/mol. The molecule has 1 unspecified atom stereocenters. The van der Waals surface area contributed by atoms with Crippen molar-refractivity contribution < 1.29 is 0 Å². The number of anilines is 2. The number of rotatable bonds is 1. The minimum atomic E-state index is -0.0281. The molecule has 0 amide bonds. The standard InChI is InChI=1S/C6H10N6/c1-2-3-9-10-6-4(7)5(8)11-12(3)6/h3H,2,7H2,1H3,(H2,8,11). The van der Waals surface area contributed by atoms with Gasteiger partial charge in [0.2, 0.25) is 0 Å². The molecule has 12 heavy (non-hydrogen) atoms. The van der Waals surface area contributed by atoms with Crippen molar-refractivity contribution >= 4 is 17.3 Å². The second kappa shape index (κ2) is 2.20. The molecule has 0 spiro atoms. The third-order valence-corrected chi connectivity index (χ3v) is 1.88. The predicted molar refractivity (Wildman–Crippen MR) is 44.9 cm³/mol. The first-order chi connectivity index (χ1) is 5.74. The topological polar surface area (TPSA) is 94.6 Å². The Labute approximate surface area is 69.3 Å². The molecule has 0 aliphatic carbocycles. The summed E-state index contributed by atoms with van der Waals surface area (Å²) >= 11 is 0. The molecule has 1 atom stereocenters. The molecule has 4 N–H and O–H groups in total. The highest BCUT2D eigenvalue weighted by atomic mass is 15.5. The first kappa shape index (κ1) is 7.08. The van der Waals surface area contributed by atoms with Gasteiger partial charge < -0.3 is 11.5 Å². The van der Waals surface area contributed by atoms with E-state index in [1.165, 1.54) is 0 Å². The van der Waals surface area contributed by atoms with E-state index in [1.807, 2.05) is 6.92 Å². The lowest BCUT2D eigenvalue weighted by atomic mass is 10.4. The molecule has 0 aromatic carbocycles. The summed E-state index contributed by atoms with van der Waals surface area (Å²) in [7, 11) is 0. The number of nitrogen functional groups attached to an aromatic ring is 2. The van der Waals surface area contributed by atoms with Gasteiger partial charge in [-0.3, -0.25) is 0 Å². The lowest BCUT2D eigenvalue weighted by Crippen LogP contribution is -2.03. The van der Waals surface area contributed by atoms with E-state index in [0.29, 0.717) is 17.3 Å². The van der Waals surface area contributed by atoms with Crippen LogP contribution in [-0.4, -0.2) is 9.78 Å². The molecule has 1 aliphatic heterocycles. The molecule has 64 valence electrons. The largest absolute Gasteiger partial charge is 0.393 e. The number of fused-ring (bicyclic) bond motifs is 1. The van der Waals surface area contributed by atoms with Crippen LogP contribution in [0.3, 0.4) is 0 Å². The highest BCUT2D eigenvalue weighted by molar-refractivity contribution is 5.71. The van der Waals surface area contributed by atoms with Gasteiger partial charge in [-0.15, -0.1) is 10.2 Å². The van der Waals surface area contributed by atoms with Crippen LogP contribution in [-0.2, 0) is 0 Å². The SMILES string of the molecule is CCC1N=Nc2c(N)c(N)nn21. The normalized spacial score (nSPS) is 19.9. The summed E-state index contributed by atoms with van der Waals surface area (Å²) in [5.74, 6) is 0.918. The maximum absolute atomic E-state index is 5.61. The maximum atomic E-state index is 5.61. The molecule has 2 heterocycles. The van der Waals surface area contributed by atoms with E-state index < -0.39 is 0 Å². The Balaban J connectivity index is 2.53. The van der Waals surface area contributed by atoms with Crippen molar-refractivity contribution in [2.24, 2.45) is 10.2 Å². The summed E-state index contributed by atoms with van der Waals surface area (Å²) < 4.78 is 1.66. The fourth-order valence-electron chi connectivity index (χ4n) is 1.19. The number of nitrogens with two attached hydrogens (primary N) is 2. The highest BCUT2D eigenvalue weighted by Gasteiger charge is 2.23. The van der Waals surface area contributed by atoms with Crippen LogP contribution < -0.4 is 11.5 Å². The first-order valence-corrected chi connectivity index (χ1v) is 3.78. The van der Waals surface area contributed by atoms with Crippen LogP contribution in [0.5, 0.6) is 0 Å². The second-order valence-corrected chi connectivity index (χ2v) is 2.67. The molecule has 0 saturated heterocycles. The smallest absolute Gasteiger partial charge is 0.200 e. The average Bonchev–Trinajstić information content (AvgIpc) is 2.55. The molecule has 1 aromatic heterocycles. The van der Waals surface area contributed by atoms with Crippen LogP contribution in [0.4, 0.5) is 17.3 Å². The monoisotopic (exact) mass is 166 g/mol. The van der Waals surface area contributed by atoms with E-state index in [9.17, 15) is 0 Å². The highest BCUT2D eigenvalue weighted by Crippen LogP contribution is 2.37. The molecule has 2 rings (SSSR count). The number of azo groups is 1. The molecule has 6 nitrogen and oxygen atoms in total.